The first-order chi connectivity index (χ1) is 19.2. The largest absolute Gasteiger partial charge is 0.497 e. The van der Waals surface area contributed by atoms with Crippen molar-refractivity contribution in [2.24, 2.45) is 11.8 Å². The third-order valence-electron chi connectivity index (χ3n) is 7.69. The summed E-state index contributed by atoms with van der Waals surface area (Å²) in [6.07, 6.45) is 2.45. The number of aliphatic hydroxyl groups excluding tert-OH is 1. The van der Waals surface area contributed by atoms with Crippen molar-refractivity contribution >= 4 is 16.1 Å². The van der Waals surface area contributed by atoms with E-state index in [0.29, 0.717) is 18.8 Å². The Bertz CT molecular complexity index is 1190. The summed E-state index contributed by atoms with van der Waals surface area (Å²) < 4.78 is 45.3. The van der Waals surface area contributed by atoms with Gasteiger partial charge in [0.15, 0.2) is 0 Å². The van der Waals surface area contributed by atoms with Gasteiger partial charge in [0, 0.05) is 19.0 Å². The van der Waals surface area contributed by atoms with Crippen molar-refractivity contribution < 1.29 is 32.5 Å². The van der Waals surface area contributed by atoms with Crippen LogP contribution in [0.3, 0.4) is 0 Å². The van der Waals surface area contributed by atoms with E-state index in [1.165, 1.54) is 23.5 Å². The number of benzene rings is 2. The minimum Gasteiger partial charge on any atom is -0.497 e. The zero-order valence-corrected chi connectivity index (χ0v) is 24.4. The lowest BCUT2D eigenvalue weighted by Crippen LogP contribution is -2.51. The van der Waals surface area contributed by atoms with E-state index in [4.69, 9.17) is 14.2 Å². The lowest BCUT2D eigenvalue weighted by atomic mass is 9.85. The summed E-state index contributed by atoms with van der Waals surface area (Å²) >= 11 is 0. The molecular weight excluding hydrogens is 532 g/mol. The minimum absolute atomic E-state index is 0.0107. The molecule has 40 heavy (non-hydrogen) atoms. The number of rotatable bonds is 12. The van der Waals surface area contributed by atoms with Gasteiger partial charge in [0.2, 0.25) is 10.0 Å². The van der Waals surface area contributed by atoms with Gasteiger partial charge in [-0.15, -0.1) is 0 Å². The lowest BCUT2D eigenvalue weighted by Gasteiger charge is -2.31. The normalized spacial score (nSPS) is 22.5. The second-order valence-electron chi connectivity index (χ2n) is 11.2. The molecule has 1 aliphatic carbocycles. The zero-order chi connectivity index (χ0) is 28.7. The maximum absolute atomic E-state index is 13.6. The van der Waals surface area contributed by atoms with Crippen molar-refractivity contribution in [2.45, 2.75) is 75.2 Å². The number of methoxy groups -OCH3 is 1. The number of ether oxygens (including phenoxy) is 3. The van der Waals surface area contributed by atoms with Crippen LogP contribution in [0.25, 0.3) is 0 Å². The predicted octanol–water partition coefficient (Wildman–Crippen LogP) is 4.00. The van der Waals surface area contributed by atoms with Crippen molar-refractivity contribution in [3.05, 3.63) is 60.2 Å². The van der Waals surface area contributed by atoms with Gasteiger partial charge in [-0.1, -0.05) is 57.0 Å². The van der Waals surface area contributed by atoms with Crippen LogP contribution in [0.4, 0.5) is 4.79 Å². The Morgan fingerprint density at radius 1 is 1.07 bits per heavy atom. The van der Waals surface area contributed by atoms with Gasteiger partial charge in [-0.25, -0.2) is 13.2 Å². The molecule has 2 aromatic rings. The average Bonchev–Trinajstić information content (AvgIpc) is 3.35. The first-order valence-corrected chi connectivity index (χ1v) is 15.6. The summed E-state index contributed by atoms with van der Waals surface area (Å²) in [6, 6.07) is 14.9. The van der Waals surface area contributed by atoms with Gasteiger partial charge in [0.25, 0.3) is 0 Å². The van der Waals surface area contributed by atoms with Gasteiger partial charge in [-0.3, -0.25) is 0 Å². The SMILES string of the molecule is COc1ccc(S(=O)(=O)N(CC(C)C)C[C@@H](O)[C@H](Cc2ccccc2)NC(=O)O[C@@H]2CO[C@@H]3CCCC[C@@H]32)cc1. The van der Waals surface area contributed by atoms with Gasteiger partial charge >= 0.3 is 6.09 Å². The molecule has 10 heteroatoms. The third kappa shape index (κ3) is 7.75. The van der Waals surface area contributed by atoms with E-state index in [1.54, 1.807) is 12.1 Å². The van der Waals surface area contributed by atoms with Crippen LogP contribution in [0, 0.1) is 11.8 Å². The molecule has 1 aliphatic heterocycles. The van der Waals surface area contributed by atoms with Crippen molar-refractivity contribution in [1.82, 2.24) is 9.62 Å². The number of hydrogen-bond donors (Lipinski definition) is 2. The van der Waals surface area contributed by atoms with Crippen molar-refractivity contribution in [3.8, 4) is 5.75 Å². The summed E-state index contributed by atoms with van der Waals surface area (Å²) in [6.45, 7) is 4.22. The smallest absolute Gasteiger partial charge is 0.407 e. The van der Waals surface area contributed by atoms with E-state index < -0.39 is 28.3 Å². The molecule has 0 radical (unpaired) electrons. The number of carbonyl (C=O) groups is 1. The summed E-state index contributed by atoms with van der Waals surface area (Å²) in [5.41, 5.74) is 0.900. The Balaban J connectivity index is 1.50. The van der Waals surface area contributed by atoms with Crippen LogP contribution >= 0.6 is 0 Å². The highest BCUT2D eigenvalue weighted by atomic mass is 32.2. The van der Waals surface area contributed by atoms with Crippen molar-refractivity contribution in [1.29, 1.82) is 0 Å². The highest BCUT2D eigenvalue weighted by Gasteiger charge is 2.41. The van der Waals surface area contributed by atoms with Crippen LogP contribution in [0.1, 0.15) is 45.1 Å². The predicted molar refractivity (Wildman–Crippen MR) is 152 cm³/mol. The molecule has 0 bridgehead atoms. The number of aliphatic hydroxyl groups is 1. The average molecular weight is 575 g/mol. The second kappa shape index (κ2) is 13.8. The molecule has 5 atom stereocenters. The maximum Gasteiger partial charge on any atom is 0.407 e. The first kappa shape index (κ1) is 30.3. The standard InChI is InChI=1S/C30H42N2O7S/c1-21(2)18-32(40(35,36)24-15-13-23(37-3)14-16-24)19-27(33)26(17-22-9-5-4-6-10-22)31-30(34)39-29-20-38-28-12-8-7-11-25(28)29/h4-6,9-10,13-16,21,25-29,33H,7-8,11-12,17-20H2,1-3H3,(H,31,34)/t25-,26-,27+,28+,29+/m0/s1. The molecule has 1 amide bonds. The topological polar surface area (TPSA) is 114 Å². The Morgan fingerprint density at radius 3 is 2.45 bits per heavy atom. The van der Waals surface area contributed by atoms with Crippen LogP contribution < -0.4 is 10.1 Å². The fourth-order valence-electron chi connectivity index (χ4n) is 5.61. The molecule has 0 spiro atoms. The molecule has 2 fully saturated rings. The van der Waals surface area contributed by atoms with Gasteiger partial charge in [-0.05, 0) is 55.0 Å². The molecule has 2 aliphatic rings. The molecule has 1 saturated carbocycles. The number of carbonyl (C=O) groups excluding carboxylic acids is 1. The third-order valence-corrected chi connectivity index (χ3v) is 9.53. The molecule has 1 saturated heterocycles. The highest BCUT2D eigenvalue weighted by Crippen LogP contribution is 2.36. The zero-order valence-electron chi connectivity index (χ0n) is 23.6. The van der Waals surface area contributed by atoms with E-state index in [1.807, 2.05) is 44.2 Å². The Labute approximate surface area is 237 Å². The van der Waals surface area contributed by atoms with Gasteiger partial charge in [0.1, 0.15) is 11.9 Å². The van der Waals surface area contributed by atoms with Gasteiger partial charge in [0.05, 0.1) is 36.9 Å². The van der Waals surface area contributed by atoms with Crippen LogP contribution in [0.15, 0.2) is 59.5 Å². The molecule has 0 aromatic heterocycles. The van der Waals surface area contributed by atoms with Crippen LogP contribution in [-0.4, -0.2) is 75.1 Å². The Kier molecular flexibility index (Phi) is 10.5. The lowest BCUT2D eigenvalue weighted by molar-refractivity contribution is 0.0548. The molecule has 0 unspecified atom stereocenters. The number of amides is 1. The molecule has 9 nitrogen and oxygen atoms in total. The monoisotopic (exact) mass is 574 g/mol. The fraction of sp³-hybridized carbons (Fsp3) is 0.567. The summed E-state index contributed by atoms with van der Waals surface area (Å²) in [5, 5.41) is 14.3. The van der Waals surface area contributed by atoms with E-state index in [2.05, 4.69) is 5.32 Å². The molecule has 220 valence electrons. The molecule has 2 N–H and O–H groups in total. The molecule has 1 heterocycles. The highest BCUT2D eigenvalue weighted by molar-refractivity contribution is 7.89. The number of nitrogens with zero attached hydrogens (tertiary/aromatic N) is 1. The van der Waals surface area contributed by atoms with Crippen molar-refractivity contribution in [2.75, 3.05) is 26.8 Å². The minimum atomic E-state index is -3.93. The number of hydrogen-bond acceptors (Lipinski definition) is 7. The second-order valence-corrected chi connectivity index (χ2v) is 13.1. The van der Waals surface area contributed by atoms with Crippen LogP contribution in [0.5, 0.6) is 5.75 Å². The van der Waals surface area contributed by atoms with Gasteiger partial charge in [-0.2, -0.15) is 4.31 Å². The first-order valence-electron chi connectivity index (χ1n) is 14.1. The van der Waals surface area contributed by atoms with E-state index in [0.717, 1.165) is 31.2 Å². The Hall–Kier alpha value is -2.66. The van der Waals surface area contributed by atoms with Crippen LogP contribution in [-0.2, 0) is 25.9 Å². The summed E-state index contributed by atoms with van der Waals surface area (Å²) in [7, 11) is -2.41. The number of alkyl carbamates (subject to hydrolysis) is 1. The molecular formula is C30H42N2O7S. The molecule has 4 rings (SSSR count). The number of fused-ring (bicyclic) bond motifs is 1. The quantitative estimate of drug-likeness (QED) is 0.394. The van der Waals surface area contributed by atoms with E-state index >= 15 is 0 Å². The Morgan fingerprint density at radius 2 is 1.77 bits per heavy atom. The van der Waals surface area contributed by atoms with Crippen molar-refractivity contribution in [3.63, 3.8) is 0 Å². The van der Waals surface area contributed by atoms with Gasteiger partial charge < -0.3 is 24.6 Å². The number of nitrogens with one attached hydrogen (secondary N) is 1. The maximum atomic E-state index is 13.6. The molecule has 2 aromatic carbocycles. The number of sulfonamides is 1. The summed E-state index contributed by atoms with van der Waals surface area (Å²) in [4.78, 5) is 13.2. The fourth-order valence-corrected chi connectivity index (χ4v) is 7.23. The summed E-state index contributed by atoms with van der Waals surface area (Å²) in [5.74, 6) is 0.747. The van der Waals surface area contributed by atoms with E-state index in [-0.39, 0.29) is 42.0 Å². The van der Waals surface area contributed by atoms with Crippen LogP contribution in [0.2, 0.25) is 0 Å². The van der Waals surface area contributed by atoms with E-state index in [9.17, 15) is 18.3 Å².